The van der Waals surface area contributed by atoms with Gasteiger partial charge in [-0.15, -0.1) is 0 Å². The summed E-state index contributed by atoms with van der Waals surface area (Å²) in [5.74, 6) is -3.43. The van der Waals surface area contributed by atoms with Crippen molar-refractivity contribution in [2.24, 2.45) is 5.73 Å². The number of nitrogens with zero attached hydrogens (tertiary/aromatic N) is 1. The van der Waals surface area contributed by atoms with Gasteiger partial charge in [0.1, 0.15) is 12.0 Å². The van der Waals surface area contributed by atoms with Crippen LogP contribution in [-0.4, -0.2) is 55.4 Å². The van der Waals surface area contributed by atoms with E-state index in [4.69, 9.17) is 22.1 Å². The van der Waals surface area contributed by atoms with E-state index in [1.54, 1.807) is 42.5 Å². The van der Waals surface area contributed by atoms with Crippen molar-refractivity contribution >= 4 is 34.6 Å². The van der Waals surface area contributed by atoms with E-state index in [-0.39, 0.29) is 24.4 Å². The SMILES string of the molecule is CN1CCC(N)CC1.O=CC(NC(=O)Cc1ccc2cc(OC3CCCC3)ccc2c1)C(F)(F)c1ccc(-c2ccc(Cl)cc2)cc1. The highest BCUT2D eigenvalue weighted by Gasteiger charge is 2.42. The van der Waals surface area contributed by atoms with Crippen LogP contribution in [0.2, 0.25) is 5.02 Å². The van der Waals surface area contributed by atoms with Gasteiger partial charge in [0.15, 0.2) is 6.04 Å². The number of hydrogen-bond acceptors (Lipinski definition) is 5. The number of nitrogens with one attached hydrogen (secondary N) is 1. The molecule has 0 bridgehead atoms. The number of amides is 1. The molecule has 2 fully saturated rings. The van der Waals surface area contributed by atoms with E-state index < -0.39 is 17.9 Å². The van der Waals surface area contributed by atoms with Gasteiger partial charge in [-0.05, 0) is 110 Å². The Kier molecular flexibility index (Phi) is 11.6. The van der Waals surface area contributed by atoms with Crippen LogP contribution in [0.4, 0.5) is 8.78 Å². The smallest absolute Gasteiger partial charge is 0.299 e. The Balaban J connectivity index is 0.000000474. The molecule has 47 heavy (non-hydrogen) atoms. The number of halogens is 3. The number of aldehydes is 1. The van der Waals surface area contributed by atoms with Crippen LogP contribution in [0.5, 0.6) is 5.75 Å². The lowest BCUT2D eigenvalue weighted by atomic mass is 9.97. The lowest BCUT2D eigenvalue weighted by Crippen LogP contribution is -2.47. The Morgan fingerprint density at radius 3 is 2.15 bits per heavy atom. The molecule has 1 saturated carbocycles. The van der Waals surface area contributed by atoms with Gasteiger partial charge >= 0.3 is 0 Å². The molecule has 4 aromatic rings. The normalized spacial score (nSPS) is 16.7. The Labute approximate surface area is 280 Å². The highest BCUT2D eigenvalue weighted by molar-refractivity contribution is 6.30. The molecular formula is C38H42ClF2N3O3. The molecule has 1 aliphatic carbocycles. The van der Waals surface area contributed by atoms with Crippen LogP contribution in [0, 0.1) is 0 Å². The molecular weight excluding hydrogens is 620 g/mol. The highest BCUT2D eigenvalue weighted by Crippen LogP contribution is 2.33. The van der Waals surface area contributed by atoms with Crippen molar-refractivity contribution < 1.29 is 23.1 Å². The number of benzene rings is 4. The second-order valence-corrected chi connectivity index (χ2v) is 13.0. The first-order valence-corrected chi connectivity index (χ1v) is 16.6. The third-order valence-corrected chi connectivity index (χ3v) is 9.15. The van der Waals surface area contributed by atoms with Crippen LogP contribution in [0.1, 0.15) is 49.7 Å². The second kappa shape index (κ2) is 15.8. The van der Waals surface area contributed by atoms with Crippen LogP contribution in [0.15, 0.2) is 84.9 Å². The van der Waals surface area contributed by atoms with Gasteiger partial charge in [-0.2, -0.15) is 8.78 Å². The Hall–Kier alpha value is -3.85. The van der Waals surface area contributed by atoms with Gasteiger partial charge < -0.3 is 25.5 Å². The van der Waals surface area contributed by atoms with Crippen LogP contribution < -0.4 is 15.8 Å². The summed E-state index contributed by atoms with van der Waals surface area (Å²) in [5.41, 5.74) is 7.52. The number of carbonyl (C=O) groups excluding carboxylic acids is 2. The van der Waals surface area contributed by atoms with Gasteiger partial charge in [0.05, 0.1) is 12.5 Å². The predicted octanol–water partition coefficient (Wildman–Crippen LogP) is 7.54. The van der Waals surface area contributed by atoms with Crippen LogP contribution in [-0.2, 0) is 21.9 Å². The molecule has 2 aliphatic rings. The van der Waals surface area contributed by atoms with E-state index in [2.05, 4.69) is 17.3 Å². The first-order valence-electron chi connectivity index (χ1n) is 16.2. The van der Waals surface area contributed by atoms with Crippen molar-refractivity contribution in [2.45, 2.75) is 69.1 Å². The van der Waals surface area contributed by atoms with Crippen molar-refractivity contribution in [3.05, 3.63) is 101 Å². The van der Waals surface area contributed by atoms with Gasteiger partial charge in [-0.3, -0.25) is 4.79 Å². The molecule has 0 spiro atoms. The third-order valence-electron chi connectivity index (χ3n) is 8.90. The number of alkyl halides is 2. The average Bonchev–Trinajstić information content (AvgIpc) is 3.59. The van der Waals surface area contributed by atoms with E-state index in [9.17, 15) is 9.59 Å². The van der Waals surface area contributed by atoms with Crippen molar-refractivity contribution in [1.29, 1.82) is 0 Å². The fourth-order valence-electron chi connectivity index (χ4n) is 6.01. The summed E-state index contributed by atoms with van der Waals surface area (Å²) < 4.78 is 36.5. The number of hydrogen-bond donors (Lipinski definition) is 2. The van der Waals surface area contributed by atoms with Crippen LogP contribution in [0.25, 0.3) is 21.9 Å². The number of likely N-dealkylation sites (tertiary alicyclic amines) is 1. The Morgan fingerprint density at radius 1 is 0.936 bits per heavy atom. The number of ether oxygens (including phenoxy) is 1. The summed E-state index contributed by atoms with van der Waals surface area (Å²) in [6, 6.07) is 22.4. The predicted molar refractivity (Wildman–Crippen MR) is 184 cm³/mol. The summed E-state index contributed by atoms with van der Waals surface area (Å²) >= 11 is 5.91. The largest absolute Gasteiger partial charge is 0.490 e. The number of fused-ring (bicyclic) bond motifs is 1. The molecule has 9 heteroatoms. The minimum atomic E-state index is -3.59. The lowest BCUT2D eigenvalue weighted by Gasteiger charge is -2.25. The first kappa shape index (κ1) is 34.5. The first-order chi connectivity index (χ1) is 22.6. The summed E-state index contributed by atoms with van der Waals surface area (Å²) in [7, 11) is 2.14. The molecule has 0 aromatic heterocycles. The summed E-state index contributed by atoms with van der Waals surface area (Å²) in [6.07, 6.45) is 7.09. The monoisotopic (exact) mass is 661 g/mol. The van der Waals surface area contributed by atoms with E-state index in [1.165, 1.54) is 50.9 Å². The van der Waals surface area contributed by atoms with Crippen molar-refractivity contribution in [2.75, 3.05) is 20.1 Å². The zero-order valence-corrected chi connectivity index (χ0v) is 27.4. The van der Waals surface area contributed by atoms with Gasteiger partial charge in [0.25, 0.3) is 5.92 Å². The van der Waals surface area contributed by atoms with Gasteiger partial charge in [-0.1, -0.05) is 72.3 Å². The Morgan fingerprint density at radius 2 is 1.53 bits per heavy atom. The van der Waals surface area contributed by atoms with Crippen LogP contribution >= 0.6 is 11.6 Å². The maximum absolute atomic E-state index is 15.2. The van der Waals surface area contributed by atoms with E-state index >= 15 is 8.78 Å². The zero-order valence-electron chi connectivity index (χ0n) is 26.6. The molecule has 1 unspecified atom stereocenters. The number of carbonyl (C=O) groups is 2. The van der Waals surface area contributed by atoms with Crippen LogP contribution in [0.3, 0.4) is 0 Å². The molecule has 1 saturated heterocycles. The maximum atomic E-state index is 15.2. The van der Waals surface area contributed by atoms with E-state index in [1.807, 2.05) is 30.3 Å². The molecule has 1 heterocycles. The minimum Gasteiger partial charge on any atom is -0.490 e. The standard InChI is InChI=1S/C32H28ClF2NO3.C6H14N2/c33-27-14-9-23(10-15-27)22-7-12-26(13-8-22)32(34,35)30(20-37)36-31(38)18-21-5-6-25-19-29(16-11-24(25)17-21)39-28-3-1-2-4-28;1-8-4-2-6(7)3-5-8/h5-17,19-20,28,30H,1-4,18H2,(H,36,38);6H,2-5,7H2,1H3. The molecule has 1 amide bonds. The number of nitrogens with two attached hydrogens (primary N) is 1. The summed E-state index contributed by atoms with van der Waals surface area (Å²) in [5, 5.41) is 4.67. The molecule has 248 valence electrons. The van der Waals surface area contributed by atoms with Crippen molar-refractivity contribution in [3.63, 3.8) is 0 Å². The van der Waals surface area contributed by atoms with Gasteiger partial charge in [0, 0.05) is 16.6 Å². The van der Waals surface area contributed by atoms with Gasteiger partial charge in [0.2, 0.25) is 5.91 Å². The summed E-state index contributed by atoms with van der Waals surface area (Å²) in [4.78, 5) is 26.6. The van der Waals surface area contributed by atoms with Crippen molar-refractivity contribution in [1.82, 2.24) is 10.2 Å². The molecule has 3 N–H and O–H groups in total. The molecule has 6 rings (SSSR count). The average molecular weight is 662 g/mol. The molecule has 4 aromatic carbocycles. The second-order valence-electron chi connectivity index (χ2n) is 12.6. The number of piperidine rings is 1. The molecule has 6 nitrogen and oxygen atoms in total. The molecule has 0 radical (unpaired) electrons. The zero-order chi connectivity index (χ0) is 33.4. The topological polar surface area (TPSA) is 84.7 Å². The third kappa shape index (κ3) is 9.37. The lowest BCUT2D eigenvalue weighted by molar-refractivity contribution is -0.132. The van der Waals surface area contributed by atoms with E-state index in [0.717, 1.165) is 40.5 Å². The number of rotatable bonds is 9. The quantitative estimate of drug-likeness (QED) is 0.181. The van der Waals surface area contributed by atoms with Crippen molar-refractivity contribution in [3.8, 4) is 16.9 Å². The minimum absolute atomic E-state index is 0.0806. The van der Waals surface area contributed by atoms with Gasteiger partial charge in [-0.25, -0.2) is 0 Å². The fourth-order valence-corrected chi connectivity index (χ4v) is 6.14. The summed E-state index contributed by atoms with van der Waals surface area (Å²) in [6.45, 7) is 2.36. The highest BCUT2D eigenvalue weighted by atomic mass is 35.5. The van der Waals surface area contributed by atoms with E-state index in [0.29, 0.717) is 16.6 Å². The molecule has 1 atom stereocenters. The fraction of sp³-hybridized carbons (Fsp3) is 0.368. The maximum Gasteiger partial charge on any atom is 0.299 e. The Bertz CT molecular complexity index is 1620. The molecule has 1 aliphatic heterocycles.